The van der Waals surface area contributed by atoms with Crippen LogP contribution in [0.2, 0.25) is 6.82 Å². The molecule has 1 radical (unpaired) electrons. The van der Waals surface area contributed by atoms with Crippen molar-refractivity contribution in [1.29, 1.82) is 0 Å². The van der Waals surface area contributed by atoms with Gasteiger partial charge in [-0.1, -0.05) is 6.82 Å². The van der Waals surface area contributed by atoms with Gasteiger partial charge in [-0.15, -0.1) is 0 Å². The van der Waals surface area contributed by atoms with Gasteiger partial charge in [0.2, 0.25) is 7.28 Å². The molecule has 0 aromatic rings. The van der Waals surface area contributed by atoms with Crippen molar-refractivity contribution in [3.05, 3.63) is 0 Å². The second-order valence-electron chi connectivity index (χ2n) is 0.830. The molecule has 0 amide bonds. The highest BCUT2D eigenvalue weighted by Gasteiger charge is 2.23. The second-order valence-corrected chi connectivity index (χ2v) is 0.830. The van der Waals surface area contributed by atoms with Crippen LogP contribution in [0.1, 0.15) is 0 Å². The van der Waals surface area contributed by atoms with Gasteiger partial charge in [-0.3, -0.25) is 0 Å². The molecule has 0 fully saturated rings. The Kier molecular flexibility index (Phi) is 1.50. The molecule has 0 unspecified atom stereocenters. The van der Waals surface area contributed by atoms with E-state index in [1.165, 1.54) is 0 Å². The second kappa shape index (κ2) is 1.54. The van der Waals surface area contributed by atoms with Gasteiger partial charge in [0.05, 0.1) is 0 Å². The highest BCUT2D eigenvalue weighted by molar-refractivity contribution is 6.36. The largest absolute Gasteiger partial charge is 0.338 e. The predicted molar refractivity (Wildman–Crippen MR) is 17.7 cm³/mol. The third-order valence-electron chi connectivity index (χ3n) is 0.327. The summed E-state index contributed by atoms with van der Waals surface area (Å²) in [6.07, 6.45) is -4.08. The first-order valence-corrected chi connectivity index (χ1v) is 1.43. The van der Waals surface area contributed by atoms with Crippen molar-refractivity contribution in [2.45, 2.75) is 12.9 Å². The molecule has 0 atom stereocenters. The van der Waals surface area contributed by atoms with Gasteiger partial charge in [-0.05, 0) is 0 Å². The molecule has 0 saturated heterocycles. The molecule has 0 aliphatic carbocycles. The maximum atomic E-state index is 10.7. The Bertz CT molecular complexity index is 38.5. The highest BCUT2D eigenvalue weighted by atomic mass is 19.4. The third-order valence-corrected chi connectivity index (χ3v) is 0.327. The van der Waals surface area contributed by atoms with Crippen LogP contribution in [-0.4, -0.2) is 13.4 Å². The lowest BCUT2D eigenvalue weighted by atomic mass is 9.82. The predicted octanol–water partition coefficient (Wildman–Crippen LogP) is 1.26. The zero-order valence-corrected chi connectivity index (χ0v) is 3.21. The average Bonchev–Trinajstić information content (AvgIpc) is 1.35. The fourth-order valence-electron chi connectivity index (χ4n) is 0. The fraction of sp³-hybridized carbons (Fsp3) is 1.00. The summed E-state index contributed by atoms with van der Waals surface area (Å²) in [7, 11) is 0.188. The SMILES string of the molecule is C[B]C(F)(F)F. The van der Waals surface area contributed by atoms with Crippen molar-refractivity contribution in [3.63, 3.8) is 0 Å². The molecule has 0 spiro atoms. The smallest absolute Gasteiger partial charge is 0.183 e. The summed E-state index contributed by atoms with van der Waals surface area (Å²) in [5, 5.41) is 0. The Labute approximate surface area is 34.6 Å². The van der Waals surface area contributed by atoms with E-state index in [9.17, 15) is 13.2 Å². The minimum absolute atomic E-state index is 0.188. The molecule has 0 saturated carbocycles. The van der Waals surface area contributed by atoms with Gasteiger partial charge in [-0.25, -0.2) is 0 Å². The van der Waals surface area contributed by atoms with Gasteiger partial charge in [0.1, 0.15) is 0 Å². The van der Waals surface area contributed by atoms with E-state index in [1.807, 2.05) is 0 Å². The van der Waals surface area contributed by atoms with E-state index in [0.717, 1.165) is 6.82 Å². The van der Waals surface area contributed by atoms with E-state index >= 15 is 0 Å². The Balaban J connectivity index is 3.17. The number of hydrogen-bond acceptors (Lipinski definition) is 0. The summed E-state index contributed by atoms with van der Waals surface area (Å²) in [4.78, 5) is 0. The van der Waals surface area contributed by atoms with Gasteiger partial charge < -0.3 is 0 Å². The Morgan fingerprint density at radius 2 is 1.50 bits per heavy atom. The van der Waals surface area contributed by atoms with E-state index < -0.39 is 6.08 Å². The van der Waals surface area contributed by atoms with Crippen molar-refractivity contribution in [1.82, 2.24) is 0 Å². The molecule has 0 N–H and O–H groups in total. The molecule has 0 heterocycles. The maximum Gasteiger partial charge on any atom is 0.338 e. The summed E-state index contributed by atoms with van der Waals surface area (Å²) in [6.45, 7) is 0.958. The quantitative estimate of drug-likeness (QED) is 0.397. The molecular formula is C2H3BF3. The van der Waals surface area contributed by atoms with E-state index in [1.54, 1.807) is 0 Å². The Morgan fingerprint density at radius 3 is 1.50 bits per heavy atom. The monoisotopic (exact) mass is 95.0 g/mol. The lowest BCUT2D eigenvalue weighted by molar-refractivity contribution is -0.0464. The first-order chi connectivity index (χ1) is 2.56. The van der Waals surface area contributed by atoms with E-state index in [0.29, 0.717) is 0 Å². The van der Waals surface area contributed by atoms with Gasteiger partial charge in [-0.2, -0.15) is 13.2 Å². The van der Waals surface area contributed by atoms with Crippen molar-refractivity contribution in [2.75, 3.05) is 0 Å². The number of halogens is 3. The van der Waals surface area contributed by atoms with Crippen LogP contribution in [-0.2, 0) is 0 Å². The molecule has 0 aromatic carbocycles. The summed E-state index contributed by atoms with van der Waals surface area (Å²) < 4.78 is 32.2. The highest BCUT2D eigenvalue weighted by Crippen LogP contribution is 2.10. The molecule has 0 aliphatic heterocycles. The first kappa shape index (κ1) is 5.85. The number of alkyl halides is 3. The van der Waals surface area contributed by atoms with Crippen molar-refractivity contribution in [2.24, 2.45) is 0 Å². The third kappa shape index (κ3) is 3.85. The van der Waals surface area contributed by atoms with E-state index in [4.69, 9.17) is 0 Å². The molecule has 0 bridgehead atoms. The lowest BCUT2D eigenvalue weighted by Gasteiger charge is -1.95. The summed E-state index contributed by atoms with van der Waals surface area (Å²) in [5.74, 6) is 0. The lowest BCUT2D eigenvalue weighted by Crippen LogP contribution is -2.13. The molecule has 4 heteroatoms. The van der Waals surface area contributed by atoms with Crippen LogP contribution in [0.3, 0.4) is 0 Å². The summed E-state index contributed by atoms with van der Waals surface area (Å²) >= 11 is 0. The summed E-state index contributed by atoms with van der Waals surface area (Å²) in [5.41, 5.74) is 0. The molecular weight excluding hydrogens is 91.8 g/mol. The average molecular weight is 94.9 g/mol. The van der Waals surface area contributed by atoms with Gasteiger partial charge >= 0.3 is 6.08 Å². The van der Waals surface area contributed by atoms with Gasteiger partial charge in [0, 0.05) is 0 Å². The van der Waals surface area contributed by atoms with Crippen molar-refractivity contribution >= 4 is 7.28 Å². The van der Waals surface area contributed by atoms with Crippen LogP contribution >= 0.6 is 0 Å². The van der Waals surface area contributed by atoms with E-state index in [2.05, 4.69) is 0 Å². The Hall–Kier alpha value is -0.145. The molecule has 35 valence electrons. The van der Waals surface area contributed by atoms with Crippen LogP contribution in [0.25, 0.3) is 0 Å². The van der Waals surface area contributed by atoms with Gasteiger partial charge in [0.25, 0.3) is 0 Å². The minimum atomic E-state index is -4.08. The standard InChI is InChI=1S/C2H3BF3/c1-3-2(4,5)6/h1H3. The number of hydrogen-bond donors (Lipinski definition) is 0. The summed E-state index contributed by atoms with van der Waals surface area (Å²) in [6, 6.07) is 0. The molecule has 0 aromatic heterocycles. The Morgan fingerprint density at radius 1 is 1.33 bits per heavy atom. The molecule has 0 rings (SSSR count). The van der Waals surface area contributed by atoms with Crippen LogP contribution < -0.4 is 0 Å². The normalized spacial score (nSPS) is 11.3. The van der Waals surface area contributed by atoms with Crippen molar-refractivity contribution < 1.29 is 13.2 Å². The fourth-order valence-corrected chi connectivity index (χ4v) is 0. The van der Waals surface area contributed by atoms with E-state index in [-0.39, 0.29) is 7.28 Å². The minimum Gasteiger partial charge on any atom is -0.183 e. The molecule has 6 heavy (non-hydrogen) atoms. The topological polar surface area (TPSA) is 0 Å². The zero-order valence-electron chi connectivity index (χ0n) is 3.21. The molecule has 0 aliphatic rings. The van der Waals surface area contributed by atoms with Gasteiger partial charge in [0.15, 0.2) is 0 Å². The maximum absolute atomic E-state index is 10.7. The zero-order chi connectivity index (χ0) is 5.21. The van der Waals surface area contributed by atoms with Crippen LogP contribution in [0.15, 0.2) is 0 Å². The van der Waals surface area contributed by atoms with Crippen molar-refractivity contribution in [3.8, 4) is 0 Å². The molecule has 0 nitrogen and oxygen atoms in total. The van der Waals surface area contributed by atoms with Crippen LogP contribution in [0.4, 0.5) is 13.2 Å². The van der Waals surface area contributed by atoms with Crippen LogP contribution in [0.5, 0.6) is 0 Å². The first-order valence-electron chi connectivity index (χ1n) is 1.43. The van der Waals surface area contributed by atoms with Crippen LogP contribution in [0, 0.1) is 0 Å². The number of rotatable bonds is 0.